The van der Waals surface area contributed by atoms with Crippen LogP contribution >= 0.6 is 0 Å². The largest absolute Gasteiger partial charge is 0.457 e. The molecular formula is C29H28N4O3. The third-order valence-electron chi connectivity index (χ3n) is 6.18. The van der Waals surface area contributed by atoms with E-state index >= 15 is 0 Å². The van der Waals surface area contributed by atoms with E-state index in [9.17, 15) is 9.59 Å². The van der Waals surface area contributed by atoms with Crippen molar-refractivity contribution in [2.24, 2.45) is 0 Å². The predicted molar refractivity (Wildman–Crippen MR) is 142 cm³/mol. The Morgan fingerprint density at radius 1 is 0.917 bits per heavy atom. The lowest BCUT2D eigenvalue weighted by molar-refractivity contribution is -0.131. The van der Waals surface area contributed by atoms with E-state index in [1.165, 1.54) is 0 Å². The lowest BCUT2D eigenvalue weighted by Crippen LogP contribution is -2.28. The Kier molecular flexibility index (Phi) is 7.07. The summed E-state index contributed by atoms with van der Waals surface area (Å²) in [6.07, 6.45) is 6.50. The number of fused-ring (bicyclic) bond motifs is 1. The number of amides is 2. The van der Waals surface area contributed by atoms with Gasteiger partial charge >= 0.3 is 0 Å². The zero-order chi connectivity index (χ0) is 24.7. The first-order chi connectivity index (χ1) is 17.6. The van der Waals surface area contributed by atoms with E-state index < -0.39 is 0 Å². The lowest BCUT2D eigenvalue weighted by atomic mass is 10.1. The molecule has 1 aliphatic heterocycles. The predicted octanol–water partition coefficient (Wildman–Crippen LogP) is 5.87. The van der Waals surface area contributed by atoms with Crippen molar-refractivity contribution in [3.05, 3.63) is 84.1 Å². The Morgan fingerprint density at radius 2 is 1.72 bits per heavy atom. The Bertz CT molecular complexity index is 1390. The van der Waals surface area contributed by atoms with Gasteiger partial charge in [0.15, 0.2) is 0 Å². The van der Waals surface area contributed by atoms with Gasteiger partial charge in [0.1, 0.15) is 11.5 Å². The van der Waals surface area contributed by atoms with E-state index in [1.807, 2.05) is 77.7 Å². The van der Waals surface area contributed by atoms with Gasteiger partial charge in [-0.05, 0) is 48.7 Å². The molecule has 0 atom stereocenters. The molecule has 7 nitrogen and oxygen atoms in total. The number of hydrogen-bond acceptors (Lipinski definition) is 4. The summed E-state index contributed by atoms with van der Waals surface area (Å²) < 4.78 is 6.04. The Labute approximate surface area is 209 Å². The van der Waals surface area contributed by atoms with Crippen molar-refractivity contribution in [1.82, 2.24) is 15.1 Å². The van der Waals surface area contributed by atoms with Crippen LogP contribution in [0.25, 0.3) is 23.1 Å². The number of anilines is 1. The van der Waals surface area contributed by atoms with Gasteiger partial charge in [-0.1, -0.05) is 42.5 Å². The second kappa shape index (κ2) is 10.9. The zero-order valence-electron chi connectivity index (χ0n) is 19.9. The number of benzene rings is 3. The van der Waals surface area contributed by atoms with Crippen LogP contribution in [-0.2, 0) is 9.59 Å². The Morgan fingerprint density at radius 3 is 2.56 bits per heavy atom. The maximum atomic E-state index is 12.4. The van der Waals surface area contributed by atoms with Crippen LogP contribution in [0.3, 0.4) is 0 Å². The third-order valence-corrected chi connectivity index (χ3v) is 6.18. The Hall–Kier alpha value is -4.39. The van der Waals surface area contributed by atoms with Gasteiger partial charge in [0, 0.05) is 49.1 Å². The van der Waals surface area contributed by atoms with E-state index in [0.29, 0.717) is 17.2 Å². The highest BCUT2D eigenvalue weighted by Crippen LogP contribution is 2.28. The van der Waals surface area contributed by atoms with Gasteiger partial charge < -0.3 is 15.0 Å². The summed E-state index contributed by atoms with van der Waals surface area (Å²) in [4.78, 5) is 26.4. The van der Waals surface area contributed by atoms with Crippen molar-refractivity contribution < 1.29 is 14.3 Å². The fourth-order valence-electron chi connectivity index (χ4n) is 4.29. The van der Waals surface area contributed by atoms with Gasteiger partial charge in [-0.25, -0.2) is 0 Å². The quantitative estimate of drug-likeness (QED) is 0.330. The smallest absolute Gasteiger partial charge is 0.224 e. The molecule has 3 aromatic carbocycles. The van der Waals surface area contributed by atoms with Crippen LogP contribution in [0.15, 0.2) is 72.8 Å². The minimum absolute atomic E-state index is 0.0487. The van der Waals surface area contributed by atoms with Crippen molar-refractivity contribution in [1.29, 1.82) is 0 Å². The first-order valence-electron chi connectivity index (χ1n) is 12.2. The molecule has 2 amide bonds. The highest BCUT2D eigenvalue weighted by molar-refractivity contribution is 5.93. The van der Waals surface area contributed by atoms with E-state index in [0.717, 1.165) is 48.1 Å². The molecule has 0 spiro atoms. The van der Waals surface area contributed by atoms with Crippen LogP contribution in [0.4, 0.5) is 5.69 Å². The standard InChI is InChI=1S/C29H28N4O3/c34-28(15-16-29(35)33-17-4-5-18-33)30-22-9-6-10-23(19-22)36-24-12-13-25-26(31-32-27(25)20-24)14-11-21-7-2-1-3-8-21/h1-3,6-14,19-20H,4-5,15-18H2,(H,30,34)(H,31,32)/b14-11+. The molecule has 0 aliphatic carbocycles. The molecule has 0 unspecified atom stereocenters. The summed E-state index contributed by atoms with van der Waals surface area (Å²) in [5.41, 5.74) is 3.46. The molecule has 2 N–H and O–H groups in total. The molecule has 36 heavy (non-hydrogen) atoms. The van der Waals surface area contributed by atoms with Gasteiger partial charge in [0.05, 0.1) is 11.2 Å². The number of carbonyl (C=O) groups excluding carboxylic acids is 2. The van der Waals surface area contributed by atoms with E-state index in [1.54, 1.807) is 12.1 Å². The molecule has 1 aliphatic rings. The van der Waals surface area contributed by atoms with Gasteiger partial charge in [-0.3, -0.25) is 14.7 Å². The summed E-state index contributed by atoms with van der Waals surface area (Å²) >= 11 is 0. The van der Waals surface area contributed by atoms with Crippen molar-refractivity contribution in [3.8, 4) is 11.5 Å². The molecular weight excluding hydrogens is 452 g/mol. The number of hydrogen-bond donors (Lipinski definition) is 2. The second-order valence-corrected chi connectivity index (χ2v) is 8.83. The minimum Gasteiger partial charge on any atom is -0.457 e. The molecule has 0 saturated carbocycles. The Balaban J connectivity index is 1.20. The molecule has 2 heterocycles. The van der Waals surface area contributed by atoms with E-state index in [4.69, 9.17) is 4.74 Å². The maximum Gasteiger partial charge on any atom is 0.224 e. The number of aromatic nitrogens is 2. The topological polar surface area (TPSA) is 87.3 Å². The number of H-pyrrole nitrogens is 1. The number of nitrogens with zero attached hydrogens (tertiary/aromatic N) is 2. The van der Waals surface area contributed by atoms with Gasteiger partial charge in [0.2, 0.25) is 11.8 Å². The summed E-state index contributed by atoms with van der Waals surface area (Å²) in [7, 11) is 0. The summed E-state index contributed by atoms with van der Waals surface area (Å²) in [6.45, 7) is 1.60. The molecule has 5 rings (SSSR count). The summed E-state index contributed by atoms with van der Waals surface area (Å²) in [5, 5.41) is 11.3. The molecule has 1 fully saturated rings. The third kappa shape index (κ3) is 5.81. The summed E-state index contributed by atoms with van der Waals surface area (Å²) in [5.74, 6) is 1.12. The monoisotopic (exact) mass is 480 g/mol. The zero-order valence-corrected chi connectivity index (χ0v) is 19.9. The van der Waals surface area contributed by atoms with E-state index in [-0.39, 0.29) is 24.7 Å². The molecule has 7 heteroatoms. The first-order valence-corrected chi connectivity index (χ1v) is 12.2. The molecule has 4 aromatic rings. The van der Waals surface area contributed by atoms with Crippen LogP contribution in [0, 0.1) is 0 Å². The molecule has 182 valence electrons. The van der Waals surface area contributed by atoms with Gasteiger partial charge in [0.25, 0.3) is 0 Å². The molecule has 0 bridgehead atoms. The summed E-state index contributed by atoms with van der Waals surface area (Å²) in [6, 6.07) is 23.1. The fourth-order valence-corrected chi connectivity index (χ4v) is 4.29. The van der Waals surface area contributed by atoms with Crippen LogP contribution < -0.4 is 10.1 Å². The highest BCUT2D eigenvalue weighted by atomic mass is 16.5. The number of carbonyl (C=O) groups is 2. The van der Waals surface area contributed by atoms with Crippen LogP contribution in [0.2, 0.25) is 0 Å². The lowest BCUT2D eigenvalue weighted by Gasteiger charge is -2.14. The molecule has 0 radical (unpaired) electrons. The first kappa shape index (κ1) is 23.4. The van der Waals surface area contributed by atoms with Crippen LogP contribution in [0.1, 0.15) is 36.9 Å². The number of ether oxygens (including phenoxy) is 1. The molecule has 1 aromatic heterocycles. The number of aromatic amines is 1. The van der Waals surface area contributed by atoms with Crippen molar-refractivity contribution in [3.63, 3.8) is 0 Å². The van der Waals surface area contributed by atoms with Gasteiger partial charge in [-0.15, -0.1) is 0 Å². The maximum absolute atomic E-state index is 12.4. The molecule has 1 saturated heterocycles. The average molecular weight is 481 g/mol. The van der Waals surface area contributed by atoms with Gasteiger partial charge in [-0.2, -0.15) is 5.10 Å². The highest BCUT2D eigenvalue weighted by Gasteiger charge is 2.18. The van der Waals surface area contributed by atoms with E-state index in [2.05, 4.69) is 15.5 Å². The SMILES string of the molecule is O=C(CCC(=O)N1CCCC1)Nc1cccc(Oc2ccc3c(/C=C/c4ccccc4)n[nH]c3c2)c1. The average Bonchev–Trinajstić information content (AvgIpc) is 3.57. The number of likely N-dealkylation sites (tertiary alicyclic amines) is 1. The number of rotatable bonds is 8. The second-order valence-electron chi connectivity index (χ2n) is 8.83. The van der Waals surface area contributed by atoms with Crippen molar-refractivity contribution in [2.75, 3.05) is 18.4 Å². The van der Waals surface area contributed by atoms with Crippen molar-refractivity contribution in [2.45, 2.75) is 25.7 Å². The van der Waals surface area contributed by atoms with Crippen LogP contribution in [0.5, 0.6) is 11.5 Å². The van der Waals surface area contributed by atoms with Crippen LogP contribution in [-0.4, -0.2) is 40.0 Å². The fraction of sp³-hybridized carbons (Fsp3) is 0.207. The minimum atomic E-state index is -0.185. The number of nitrogens with one attached hydrogen (secondary N) is 2. The van der Waals surface area contributed by atoms with Crippen molar-refractivity contribution >= 4 is 40.6 Å². The normalized spacial score (nSPS) is 13.4.